The Kier molecular flexibility index (Phi) is 12.7. The van der Waals surface area contributed by atoms with Crippen LogP contribution in [-0.4, -0.2) is 84.8 Å². The van der Waals surface area contributed by atoms with Crippen molar-refractivity contribution in [2.45, 2.75) is 45.6 Å². The Morgan fingerprint density at radius 2 is 1.67 bits per heavy atom. The smallest absolute Gasteiger partial charge is 0.407 e. The highest BCUT2D eigenvalue weighted by molar-refractivity contribution is 7.85. The van der Waals surface area contributed by atoms with Crippen LogP contribution in [0.15, 0.2) is 0 Å². The molecule has 0 saturated carbocycles. The summed E-state index contributed by atoms with van der Waals surface area (Å²) in [6, 6.07) is 0. The molecule has 0 rings (SSSR count). The maximum Gasteiger partial charge on any atom is 0.407 e. The minimum atomic E-state index is -3.48. The van der Waals surface area contributed by atoms with Crippen molar-refractivity contribution in [2.24, 2.45) is 0 Å². The number of carbonyl (C=O) groups excluding carboxylic acids is 1. The van der Waals surface area contributed by atoms with Crippen molar-refractivity contribution in [3.63, 3.8) is 0 Å². The maximum absolute atomic E-state index is 13.6. The van der Waals surface area contributed by atoms with Crippen LogP contribution in [0.3, 0.4) is 0 Å². The van der Waals surface area contributed by atoms with Crippen LogP contribution in [-0.2, 0) is 33.2 Å². The van der Waals surface area contributed by atoms with Gasteiger partial charge in [0.15, 0.2) is 0 Å². The highest BCUT2D eigenvalue weighted by atomic mass is 32.2. The van der Waals surface area contributed by atoms with Crippen LogP contribution in [0.2, 0.25) is 0 Å². The van der Waals surface area contributed by atoms with Crippen molar-refractivity contribution >= 4 is 16.2 Å². The van der Waals surface area contributed by atoms with E-state index in [1.54, 1.807) is 27.7 Å². The van der Waals surface area contributed by atoms with Crippen LogP contribution in [0.5, 0.6) is 0 Å². The first kappa shape index (κ1) is 26.0. The van der Waals surface area contributed by atoms with Gasteiger partial charge in [-0.05, 0) is 27.7 Å². The molecule has 2 unspecified atom stereocenters. The molecule has 0 aromatic heterocycles. The number of ether oxygens (including phenoxy) is 4. The molecule has 11 heteroatoms. The zero-order chi connectivity index (χ0) is 20.9. The van der Waals surface area contributed by atoms with Crippen LogP contribution >= 0.6 is 0 Å². The number of nitrogens with one attached hydrogen (secondary N) is 1. The third kappa shape index (κ3) is 19.6. The number of carbonyl (C=O) groups is 1. The molecule has 9 nitrogen and oxygen atoms in total. The van der Waals surface area contributed by atoms with Gasteiger partial charge in [0.05, 0.1) is 58.5 Å². The second-order valence-corrected chi connectivity index (χ2v) is 8.48. The van der Waals surface area contributed by atoms with Crippen LogP contribution in [0, 0.1) is 0 Å². The third-order valence-corrected chi connectivity index (χ3v) is 3.25. The van der Waals surface area contributed by atoms with Gasteiger partial charge in [0.1, 0.15) is 11.8 Å². The zero-order valence-electron chi connectivity index (χ0n) is 16.7. The molecule has 0 aliphatic carbocycles. The van der Waals surface area contributed by atoms with E-state index in [0.29, 0.717) is 0 Å². The molecule has 0 aliphatic heterocycles. The molecule has 0 aromatic rings. The first-order valence-electron chi connectivity index (χ1n) is 8.61. The largest absolute Gasteiger partial charge is 0.444 e. The van der Waals surface area contributed by atoms with E-state index in [0.717, 1.165) is 6.26 Å². The number of hydrogen-bond acceptors (Lipinski definition) is 8. The summed E-state index contributed by atoms with van der Waals surface area (Å²) in [5.41, 5.74) is -0.633. The van der Waals surface area contributed by atoms with E-state index >= 15 is 0 Å². The van der Waals surface area contributed by atoms with Gasteiger partial charge in [0.25, 0.3) is 10.1 Å². The van der Waals surface area contributed by atoms with E-state index in [1.165, 1.54) is 0 Å². The number of alkyl halides is 1. The van der Waals surface area contributed by atoms with Gasteiger partial charge in [-0.2, -0.15) is 8.42 Å². The van der Waals surface area contributed by atoms with Gasteiger partial charge < -0.3 is 24.3 Å². The molecule has 2 atom stereocenters. The lowest BCUT2D eigenvalue weighted by molar-refractivity contribution is -0.0217. The van der Waals surface area contributed by atoms with Crippen LogP contribution in [0.4, 0.5) is 9.18 Å². The number of amides is 1. The highest BCUT2D eigenvalue weighted by Gasteiger charge is 2.17. The van der Waals surface area contributed by atoms with Crippen molar-refractivity contribution < 1.29 is 40.7 Å². The molecule has 27 heavy (non-hydrogen) atoms. The molecule has 0 bridgehead atoms. The molecular formula is C16H32FNO8S. The number of halogens is 1. The standard InChI is InChI=1S/C16H32FNO8S/c1-13(11-25-27(5,20)21)24-9-8-22-6-7-23-12-14(17)10-18-15(19)26-16(2,3)4/h13-14H,6-12H2,1-5H3,(H,18,19). The van der Waals surface area contributed by atoms with Gasteiger partial charge in [-0.25, -0.2) is 9.18 Å². The molecular weight excluding hydrogens is 385 g/mol. The predicted octanol–water partition coefficient (Wildman–Crippen LogP) is 1.26. The van der Waals surface area contributed by atoms with Crippen molar-refractivity contribution in [2.75, 3.05) is 52.4 Å². The van der Waals surface area contributed by atoms with E-state index in [2.05, 4.69) is 9.50 Å². The molecule has 162 valence electrons. The van der Waals surface area contributed by atoms with Gasteiger partial charge >= 0.3 is 6.09 Å². The summed E-state index contributed by atoms with van der Waals surface area (Å²) >= 11 is 0. The third-order valence-electron chi connectivity index (χ3n) is 2.68. The fourth-order valence-electron chi connectivity index (χ4n) is 1.57. The second kappa shape index (κ2) is 13.2. The molecule has 0 aliphatic rings. The Hall–Kier alpha value is -1.01. The van der Waals surface area contributed by atoms with E-state index in [9.17, 15) is 17.6 Å². The minimum Gasteiger partial charge on any atom is -0.444 e. The monoisotopic (exact) mass is 417 g/mol. The van der Waals surface area contributed by atoms with Gasteiger partial charge in [-0.3, -0.25) is 4.18 Å². The molecule has 1 amide bonds. The summed E-state index contributed by atoms with van der Waals surface area (Å²) < 4.78 is 60.4. The van der Waals surface area contributed by atoms with Crippen molar-refractivity contribution in [1.29, 1.82) is 0 Å². The SMILES string of the molecule is CC(COS(C)(=O)=O)OCCOCCOCC(F)CNC(=O)OC(C)(C)C. The summed E-state index contributed by atoms with van der Waals surface area (Å²) in [6.07, 6.45) is -1.44. The van der Waals surface area contributed by atoms with Gasteiger partial charge in [-0.15, -0.1) is 0 Å². The summed E-state index contributed by atoms with van der Waals surface area (Å²) in [5.74, 6) is 0. The lowest BCUT2D eigenvalue weighted by atomic mass is 10.2. The van der Waals surface area contributed by atoms with E-state index < -0.39 is 28.0 Å². The van der Waals surface area contributed by atoms with E-state index in [1.807, 2.05) is 0 Å². The summed E-state index contributed by atoms with van der Waals surface area (Å²) in [6.45, 7) is 7.41. The molecule has 0 saturated heterocycles. The molecule has 0 spiro atoms. The Balaban J connectivity index is 3.52. The summed E-state index contributed by atoms with van der Waals surface area (Å²) in [7, 11) is -3.48. The Labute approximate surface area is 160 Å². The van der Waals surface area contributed by atoms with Crippen LogP contribution in [0.1, 0.15) is 27.7 Å². The Bertz CT molecular complexity index is 509. The number of rotatable bonds is 14. The molecule has 0 heterocycles. The van der Waals surface area contributed by atoms with E-state index in [4.69, 9.17) is 18.9 Å². The Morgan fingerprint density at radius 1 is 1.07 bits per heavy atom. The average molecular weight is 417 g/mol. The molecule has 0 fully saturated rings. The molecule has 1 N–H and O–H groups in total. The average Bonchev–Trinajstić information content (AvgIpc) is 2.51. The quantitative estimate of drug-likeness (QED) is 0.332. The highest BCUT2D eigenvalue weighted by Crippen LogP contribution is 2.06. The van der Waals surface area contributed by atoms with Crippen LogP contribution < -0.4 is 5.32 Å². The topological polar surface area (TPSA) is 109 Å². The predicted molar refractivity (Wildman–Crippen MR) is 97.0 cm³/mol. The summed E-state index contributed by atoms with van der Waals surface area (Å²) in [5, 5.41) is 2.33. The van der Waals surface area contributed by atoms with Crippen LogP contribution in [0.25, 0.3) is 0 Å². The maximum atomic E-state index is 13.6. The van der Waals surface area contributed by atoms with Crippen molar-refractivity contribution in [3.8, 4) is 0 Å². The first-order chi connectivity index (χ1) is 12.4. The normalized spacial score (nSPS) is 14.6. The van der Waals surface area contributed by atoms with Gasteiger partial charge in [0, 0.05) is 0 Å². The molecule has 0 aromatic carbocycles. The zero-order valence-corrected chi connectivity index (χ0v) is 17.5. The van der Waals surface area contributed by atoms with Crippen molar-refractivity contribution in [3.05, 3.63) is 0 Å². The van der Waals surface area contributed by atoms with Gasteiger partial charge in [-0.1, -0.05) is 0 Å². The Morgan fingerprint density at radius 3 is 2.26 bits per heavy atom. The fraction of sp³-hybridized carbons (Fsp3) is 0.938. The lowest BCUT2D eigenvalue weighted by Crippen LogP contribution is -2.37. The number of alkyl carbamates (subject to hydrolysis) is 1. The lowest BCUT2D eigenvalue weighted by Gasteiger charge is -2.20. The second-order valence-electron chi connectivity index (χ2n) is 6.84. The fourth-order valence-corrected chi connectivity index (χ4v) is 2.01. The number of hydrogen-bond donors (Lipinski definition) is 1. The molecule has 0 radical (unpaired) electrons. The summed E-state index contributed by atoms with van der Waals surface area (Å²) in [4.78, 5) is 11.4. The minimum absolute atomic E-state index is 0.0584. The van der Waals surface area contributed by atoms with Crippen molar-refractivity contribution in [1.82, 2.24) is 5.32 Å². The van der Waals surface area contributed by atoms with E-state index in [-0.39, 0.29) is 52.3 Å². The first-order valence-corrected chi connectivity index (χ1v) is 10.4. The van der Waals surface area contributed by atoms with Gasteiger partial charge in [0.2, 0.25) is 0 Å².